The van der Waals surface area contributed by atoms with E-state index in [1.807, 2.05) is 24.3 Å². The second-order valence-electron chi connectivity index (χ2n) is 7.77. The summed E-state index contributed by atoms with van der Waals surface area (Å²) in [4.78, 5) is 12.5. The molecule has 0 saturated heterocycles. The number of nitrogens with one attached hydrogen (secondary N) is 1. The minimum absolute atomic E-state index is 0.123. The molecule has 1 aromatic carbocycles. The molecule has 3 heteroatoms. The van der Waals surface area contributed by atoms with Crippen molar-refractivity contribution < 1.29 is 9.53 Å². The van der Waals surface area contributed by atoms with Crippen LogP contribution < -0.4 is 10.1 Å². The molecule has 4 bridgehead atoms. The van der Waals surface area contributed by atoms with Crippen LogP contribution in [0.1, 0.15) is 44.1 Å². The molecule has 0 radical (unpaired) electrons. The Bertz CT molecular complexity index is 528. The van der Waals surface area contributed by atoms with Gasteiger partial charge in [-0.1, -0.05) is 12.1 Å². The first-order valence-corrected chi connectivity index (χ1v) is 8.58. The second-order valence-corrected chi connectivity index (χ2v) is 7.77. The normalized spacial score (nSPS) is 35.4. The zero-order valence-corrected chi connectivity index (χ0v) is 13.3. The molecule has 5 rings (SSSR count). The Kier molecular flexibility index (Phi) is 3.39. The van der Waals surface area contributed by atoms with Gasteiger partial charge in [0.05, 0.1) is 13.5 Å². The van der Waals surface area contributed by atoms with E-state index in [1.165, 1.54) is 38.5 Å². The molecule has 0 atom stereocenters. The summed E-state index contributed by atoms with van der Waals surface area (Å²) in [7, 11) is 1.66. The molecule has 0 aromatic heterocycles. The van der Waals surface area contributed by atoms with Gasteiger partial charge in [-0.25, -0.2) is 0 Å². The molecule has 22 heavy (non-hydrogen) atoms. The molecule has 1 amide bonds. The SMILES string of the molecule is COc1ccc(CC(=O)NC23CC4CC(CC(C4)C2)C3)cc1. The topological polar surface area (TPSA) is 38.3 Å². The van der Waals surface area contributed by atoms with Gasteiger partial charge in [-0.05, 0) is 74.0 Å². The van der Waals surface area contributed by atoms with Crippen LogP contribution in [0.25, 0.3) is 0 Å². The third-order valence-electron chi connectivity index (χ3n) is 5.97. The van der Waals surface area contributed by atoms with Gasteiger partial charge in [0.25, 0.3) is 0 Å². The summed E-state index contributed by atoms with van der Waals surface area (Å²) in [5.41, 5.74) is 1.18. The molecule has 0 heterocycles. The van der Waals surface area contributed by atoms with Gasteiger partial charge >= 0.3 is 0 Å². The van der Waals surface area contributed by atoms with E-state index in [1.54, 1.807) is 7.11 Å². The molecule has 4 aliphatic rings. The molecule has 0 aliphatic heterocycles. The van der Waals surface area contributed by atoms with Crippen molar-refractivity contribution in [2.45, 2.75) is 50.5 Å². The Morgan fingerprint density at radius 3 is 2.14 bits per heavy atom. The van der Waals surface area contributed by atoms with Crippen LogP contribution in [0, 0.1) is 17.8 Å². The van der Waals surface area contributed by atoms with Crippen LogP contribution >= 0.6 is 0 Å². The lowest BCUT2D eigenvalue weighted by Gasteiger charge is -2.56. The van der Waals surface area contributed by atoms with Gasteiger partial charge in [0.1, 0.15) is 5.75 Å². The van der Waals surface area contributed by atoms with Crippen LogP contribution in [0.3, 0.4) is 0 Å². The number of rotatable bonds is 4. The highest BCUT2D eigenvalue weighted by atomic mass is 16.5. The van der Waals surface area contributed by atoms with Gasteiger partial charge in [0, 0.05) is 5.54 Å². The molecule has 0 unspecified atom stereocenters. The Balaban J connectivity index is 1.41. The molecular weight excluding hydrogens is 274 g/mol. The van der Waals surface area contributed by atoms with E-state index in [0.717, 1.165) is 29.1 Å². The lowest BCUT2D eigenvalue weighted by atomic mass is 9.53. The Morgan fingerprint density at radius 1 is 1.09 bits per heavy atom. The zero-order chi connectivity index (χ0) is 15.2. The fourth-order valence-electron chi connectivity index (χ4n) is 5.53. The summed E-state index contributed by atoms with van der Waals surface area (Å²) < 4.78 is 5.16. The molecule has 4 saturated carbocycles. The molecule has 4 fully saturated rings. The molecule has 1 aromatic rings. The molecule has 0 spiro atoms. The quantitative estimate of drug-likeness (QED) is 0.926. The maximum Gasteiger partial charge on any atom is 0.224 e. The summed E-state index contributed by atoms with van der Waals surface area (Å²) in [5, 5.41) is 3.43. The van der Waals surface area contributed by atoms with Crippen LogP contribution in [0.5, 0.6) is 5.75 Å². The summed E-state index contributed by atoms with van der Waals surface area (Å²) in [5.74, 6) is 3.63. The van der Waals surface area contributed by atoms with E-state index in [-0.39, 0.29) is 11.4 Å². The van der Waals surface area contributed by atoms with E-state index in [4.69, 9.17) is 4.74 Å². The third-order valence-corrected chi connectivity index (χ3v) is 5.97. The monoisotopic (exact) mass is 299 g/mol. The fraction of sp³-hybridized carbons (Fsp3) is 0.632. The molecule has 3 nitrogen and oxygen atoms in total. The summed E-state index contributed by atoms with van der Waals surface area (Å²) in [6.07, 6.45) is 8.36. The lowest BCUT2D eigenvalue weighted by Crippen LogP contribution is -2.60. The first kappa shape index (κ1) is 14.1. The van der Waals surface area contributed by atoms with Crippen molar-refractivity contribution in [2.24, 2.45) is 17.8 Å². The van der Waals surface area contributed by atoms with Gasteiger partial charge in [-0.3, -0.25) is 4.79 Å². The number of amides is 1. The lowest BCUT2D eigenvalue weighted by molar-refractivity contribution is -0.126. The van der Waals surface area contributed by atoms with E-state index in [0.29, 0.717) is 6.42 Å². The number of hydrogen-bond donors (Lipinski definition) is 1. The van der Waals surface area contributed by atoms with Gasteiger partial charge in [-0.15, -0.1) is 0 Å². The van der Waals surface area contributed by atoms with Crippen molar-refractivity contribution in [3.63, 3.8) is 0 Å². The highest BCUT2D eigenvalue weighted by Gasteiger charge is 2.51. The number of ether oxygens (including phenoxy) is 1. The summed E-state index contributed by atoms with van der Waals surface area (Å²) in [6, 6.07) is 7.82. The second kappa shape index (κ2) is 5.29. The number of carbonyl (C=O) groups is 1. The summed E-state index contributed by atoms with van der Waals surface area (Å²) in [6.45, 7) is 0. The zero-order valence-electron chi connectivity index (χ0n) is 13.3. The van der Waals surface area contributed by atoms with Crippen LogP contribution in [0.4, 0.5) is 0 Å². The molecule has 118 valence electrons. The molecule has 4 aliphatic carbocycles. The van der Waals surface area contributed by atoms with Crippen LogP contribution in [-0.4, -0.2) is 18.6 Å². The van der Waals surface area contributed by atoms with Crippen molar-refractivity contribution >= 4 is 5.91 Å². The summed E-state index contributed by atoms with van der Waals surface area (Å²) >= 11 is 0. The first-order valence-electron chi connectivity index (χ1n) is 8.58. The predicted molar refractivity (Wildman–Crippen MR) is 85.7 cm³/mol. The van der Waals surface area contributed by atoms with Crippen molar-refractivity contribution in [2.75, 3.05) is 7.11 Å². The number of methoxy groups -OCH3 is 1. The molecule has 1 N–H and O–H groups in total. The fourth-order valence-corrected chi connectivity index (χ4v) is 5.53. The van der Waals surface area contributed by atoms with Crippen LogP contribution in [-0.2, 0) is 11.2 Å². The van der Waals surface area contributed by atoms with Crippen LogP contribution in [0.15, 0.2) is 24.3 Å². The van der Waals surface area contributed by atoms with E-state index >= 15 is 0 Å². The van der Waals surface area contributed by atoms with Gasteiger partial charge in [0.2, 0.25) is 5.91 Å². The average molecular weight is 299 g/mol. The Labute approximate surface area is 132 Å². The van der Waals surface area contributed by atoms with Gasteiger partial charge < -0.3 is 10.1 Å². The Hall–Kier alpha value is -1.51. The Morgan fingerprint density at radius 2 is 1.64 bits per heavy atom. The van der Waals surface area contributed by atoms with Crippen molar-refractivity contribution in [1.82, 2.24) is 5.32 Å². The maximum atomic E-state index is 12.5. The number of carbonyl (C=O) groups excluding carboxylic acids is 1. The van der Waals surface area contributed by atoms with E-state index in [2.05, 4.69) is 5.32 Å². The van der Waals surface area contributed by atoms with E-state index < -0.39 is 0 Å². The molecular formula is C19H25NO2. The van der Waals surface area contributed by atoms with Gasteiger partial charge in [0.15, 0.2) is 0 Å². The first-order chi connectivity index (χ1) is 10.6. The minimum atomic E-state index is 0.123. The van der Waals surface area contributed by atoms with Gasteiger partial charge in [-0.2, -0.15) is 0 Å². The highest BCUT2D eigenvalue weighted by Crippen LogP contribution is 2.55. The van der Waals surface area contributed by atoms with E-state index in [9.17, 15) is 4.79 Å². The van der Waals surface area contributed by atoms with Crippen molar-refractivity contribution in [3.05, 3.63) is 29.8 Å². The highest BCUT2D eigenvalue weighted by molar-refractivity contribution is 5.79. The maximum absolute atomic E-state index is 12.5. The minimum Gasteiger partial charge on any atom is -0.497 e. The van der Waals surface area contributed by atoms with Crippen LogP contribution in [0.2, 0.25) is 0 Å². The number of benzene rings is 1. The predicted octanol–water partition coefficient (Wildman–Crippen LogP) is 3.32. The smallest absolute Gasteiger partial charge is 0.224 e. The number of hydrogen-bond acceptors (Lipinski definition) is 2. The van der Waals surface area contributed by atoms with Crippen molar-refractivity contribution in [3.8, 4) is 5.75 Å². The standard InChI is InChI=1S/C19H25NO2/c1-22-17-4-2-13(3-5-17)9-18(21)20-19-10-14-6-15(11-19)8-16(7-14)12-19/h2-5,14-16H,6-12H2,1H3,(H,20,21). The third kappa shape index (κ3) is 2.62. The average Bonchev–Trinajstić information content (AvgIpc) is 2.45. The van der Waals surface area contributed by atoms with Crippen molar-refractivity contribution in [1.29, 1.82) is 0 Å². The largest absolute Gasteiger partial charge is 0.497 e.